The van der Waals surface area contributed by atoms with Crippen LogP contribution < -0.4 is 0 Å². The second kappa shape index (κ2) is 5.01. The van der Waals surface area contributed by atoms with Gasteiger partial charge in [0, 0.05) is 13.2 Å². The third kappa shape index (κ3) is 2.61. The minimum absolute atomic E-state index is 0.289. The Morgan fingerprint density at radius 1 is 1.47 bits per heavy atom. The first kappa shape index (κ1) is 12.2. The van der Waals surface area contributed by atoms with E-state index in [1.54, 1.807) is 18.5 Å². The molecule has 5 nitrogen and oxygen atoms in total. The number of hydrogen-bond acceptors (Lipinski definition) is 3. The first-order valence-corrected chi connectivity index (χ1v) is 6.50. The molecule has 0 bridgehead atoms. The Morgan fingerprint density at radius 2 is 2.32 bits per heavy atom. The second-order valence-corrected chi connectivity index (χ2v) is 4.93. The van der Waals surface area contributed by atoms with Crippen molar-refractivity contribution in [2.45, 2.75) is 19.4 Å². The van der Waals surface area contributed by atoms with Crippen LogP contribution in [0.5, 0.6) is 0 Å². The molecule has 1 heterocycles. The molecule has 0 saturated heterocycles. The number of benzene rings is 1. The summed E-state index contributed by atoms with van der Waals surface area (Å²) in [6.07, 6.45) is 4.23. The first-order valence-electron chi connectivity index (χ1n) is 6.50. The van der Waals surface area contributed by atoms with Crippen LogP contribution in [0, 0.1) is 5.92 Å². The second-order valence-electron chi connectivity index (χ2n) is 4.93. The average Bonchev–Trinajstić information content (AvgIpc) is 3.14. The quantitative estimate of drug-likeness (QED) is 0.808. The largest absolute Gasteiger partial charge is 0.478 e. The number of rotatable bonds is 6. The maximum atomic E-state index is 11.2. The molecular formula is C14H16N2O3. The van der Waals surface area contributed by atoms with Crippen LogP contribution >= 0.6 is 0 Å². The molecule has 19 heavy (non-hydrogen) atoms. The third-order valence-electron chi connectivity index (χ3n) is 3.40. The van der Waals surface area contributed by atoms with E-state index in [1.807, 2.05) is 10.6 Å². The molecule has 1 aliphatic rings. The van der Waals surface area contributed by atoms with Crippen molar-refractivity contribution in [3.05, 3.63) is 30.1 Å². The molecule has 3 rings (SSSR count). The number of carbonyl (C=O) groups is 1. The highest BCUT2D eigenvalue weighted by molar-refractivity contribution is 6.01. The highest BCUT2D eigenvalue weighted by Gasteiger charge is 2.21. The molecule has 0 spiro atoms. The lowest BCUT2D eigenvalue weighted by Crippen LogP contribution is -2.08. The van der Waals surface area contributed by atoms with Crippen LogP contribution in [0.3, 0.4) is 0 Å². The molecular weight excluding hydrogens is 244 g/mol. The number of imidazole rings is 1. The number of carboxylic acid groups (broad SMARTS) is 1. The van der Waals surface area contributed by atoms with Crippen LogP contribution in [0.2, 0.25) is 0 Å². The van der Waals surface area contributed by atoms with Crippen molar-refractivity contribution in [3.8, 4) is 0 Å². The Labute approximate surface area is 110 Å². The zero-order chi connectivity index (χ0) is 13.2. The Bertz CT molecular complexity index is 602. The average molecular weight is 260 g/mol. The number of hydrogen-bond donors (Lipinski definition) is 1. The van der Waals surface area contributed by atoms with E-state index in [0.717, 1.165) is 12.5 Å². The van der Waals surface area contributed by atoms with Crippen molar-refractivity contribution in [1.82, 2.24) is 9.55 Å². The summed E-state index contributed by atoms with van der Waals surface area (Å²) in [6, 6.07) is 5.14. The van der Waals surface area contributed by atoms with Gasteiger partial charge in [-0.15, -0.1) is 0 Å². The molecule has 5 heteroatoms. The SMILES string of the molecule is O=C(O)c1cccc2ncn(CCOCC3CC3)c12. The summed E-state index contributed by atoms with van der Waals surface area (Å²) >= 11 is 0. The Kier molecular flexibility index (Phi) is 3.21. The van der Waals surface area contributed by atoms with Crippen LogP contribution in [0.15, 0.2) is 24.5 Å². The van der Waals surface area contributed by atoms with Crippen molar-refractivity contribution in [2.24, 2.45) is 5.92 Å². The van der Waals surface area contributed by atoms with Crippen molar-refractivity contribution in [1.29, 1.82) is 0 Å². The van der Waals surface area contributed by atoms with Gasteiger partial charge in [0.2, 0.25) is 0 Å². The number of aromatic nitrogens is 2. The molecule has 1 fully saturated rings. The van der Waals surface area contributed by atoms with Gasteiger partial charge in [0.15, 0.2) is 0 Å². The van der Waals surface area contributed by atoms with Gasteiger partial charge in [0.05, 0.1) is 29.5 Å². The standard InChI is InChI=1S/C14H16N2O3/c17-14(18)11-2-1-3-12-13(11)16(9-15-12)6-7-19-8-10-4-5-10/h1-3,9-10H,4-8H2,(H,17,18). The summed E-state index contributed by atoms with van der Waals surface area (Å²) in [6.45, 7) is 2.04. The van der Waals surface area contributed by atoms with Gasteiger partial charge in [-0.3, -0.25) is 0 Å². The monoisotopic (exact) mass is 260 g/mol. The van der Waals surface area contributed by atoms with E-state index in [2.05, 4.69) is 4.98 Å². The van der Waals surface area contributed by atoms with Gasteiger partial charge in [-0.2, -0.15) is 0 Å². The van der Waals surface area contributed by atoms with Crippen molar-refractivity contribution < 1.29 is 14.6 Å². The molecule has 100 valence electrons. The zero-order valence-corrected chi connectivity index (χ0v) is 10.6. The molecule has 1 N–H and O–H groups in total. The van der Waals surface area contributed by atoms with Crippen molar-refractivity contribution >= 4 is 17.0 Å². The zero-order valence-electron chi connectivity index (χ0n) is 10.6. The molecule has 1 aliphatic carbocycles. The molecule has 0 aliphatic heterocycles. The molecule has 1 aromatic heterocycles. The summed E-state index contributed by atoms with van der Waals surface area (Å²) in [5, 5.41) is 9.21. The summed E-state index contributed by atoms with van der Waals surface area (Å²) in [5.41, 5.74) is 1.67. The Balaban J connectivity index is 1.76. The lowest BCUT2D eigenvalue weighted by atomic mass is 10.2. The van der Waals surface area contributed by atoms with Gasteiger partial charge in [-0.05, 0) is 30.9 Å². The number of carboxylic acids is 1. The van der Waals surface area contributed by atoms with Crippen molar-refractivity contribution in [3.63, 3.8) is 0 Å². The van der Waals surface area contributed by atoms with Gasteiger partial charge >= 0.3 is 5.97 Å². The predicted octanol–water partition coefficient (Wildman–Crippen LogP) is 2.16. The van der Waals surface area contributed by atoms with E-state index in [1.165, 1.54) is 12.8 Å². The summed E-state index contributed by atoms with van der Waals surface area (Å²) in [5.74, 6) is -0.180. The van der Waals surface area contributed by atoms with E-state index in [0.29, 0.717) is 24.2 Å². The summed E-state index contributed by atoms with van der Waals surface area (Å²) in [4.78, 5) is 15.5. The number of fused-ring (bicyclic) bond motifs is 1. The van der Waals surface area contributed by atoms with Crippen LogP contribution in [-0.2, 0) is 11.3 Å². The molecule has 2 aromatic rings. The fourth-order valence-electron chi connectivity index (χ4n) is 2.17. The molecule has 0 radical (unpaired) electrons. The van der Waals surface area contributed by atoms with E-state index < -0.39 is 5.97 Å². The van der Waals surface area contributed by atoms with Gasteiger partial charge in [-0.1, -0.05) is 6.07 Å². The van der Waals surface area contributed by atoms with Gasteiger partial charge in [-0.25, -0.2) is 9.78 Å². The van der Waals surface area contributed by atoms with E-state index in [9.17, 15) is 9.90 Å². The van der Waals surface area contributed by atoms with E-state index >= 15 is 0 Å². The summed E-state index contributed by atoms with van der Waals surface area (Å²) < 4.78 is 7.44. The highest BCUT2D eigenvalue weighted by atomic mass is 16.5. The van der Waals surface area contributed by atoms with Crippen LogP contribution in [0.25, 0.3) is 11.0 Å². The fraction of sp³-hybridized carbons (Fsp3) is 0.429. The van der Waals surface area contributed by atoms with Gasteiger partial charge in [0.25, 0.3) is 0 Å². The summed E-state index contributed by atoms with van der Waals surface area (Å²) in [7, 11) is 0. The minimum atomic E-state index is -0.925. The van der Waals surface area contributed by atoms with Crippen molar-refractivity contribution in [2.75, 3.05) is 13.2 Å². The lowest BCUT2D eigenvalue weighted by molar-refractivity contribution is 0.0698. The maximum Gasteiger partial charge on any atom is 0.337 e. The van der Waals surface area contributed by atoms with Crippen LogP contribution in [0.4, 0.5) is 0 Å². The molecule has 0 unspecified atom stereocenters. The minimum Gasteiger partial charge on any atom is -0.478 e. The lowest BCUT2D eigenvalue weighted by Gasteiger charge is -2.07. The third-order valence-corrected chi connectivity index (χ3v) is 3.40. The number of para-hydroxylation sites is 1. The van der Waals surface area contributed by atoms with Crippen LogP contribution in [-0.4, -0.2) is 33.8 Å². The number of ether oxygens (including phenoxy) is 1. The van der Waals surface area contributed by atoms with E-state index in [-0.39, 0.29) is 5.56 Å². The smallest absolute Gasteiger partial charge is 0.337 e. The normalized spacial score (nSPS) is 14.9. The first-order chi connectivity index (χ1) is 9.25. The van der Waals surface area contributed by atoms with Gasteiger partial charge in [0.1, 0.15) is 0 Å². The topological polar surface area (TPSA) is 64.3 Å². The predicted molar refractivity (Wildman–Crippen MR) is 70.2 cm³/mol. The van der Waals surface area contributed by atoms with Crippen LogP contribution in [0.1, 0.15) is 23.2 Å². The fourth-order valence-corrected chi connectivity index (χ4v) is 2.17. The van der Waals surface area contributed by atoms with E-state index in [4.69, 9.17) is 4.74 Å². The Hall–Kier alpha value is -1.88. The number of aromatic carboxylic acids is 1. The molecule has 1 aromatic carbocycles. The Morgan fingerprint density at radius 3 is 3.05 bits per heavy atom. The highest BCUT2D eigenvalue weighted by Crippen LogP contribution is 2.28. The number of nitrogens with zero attached hydrogens (tertiary/aromatic N) is 2. The maximum absolute atomic E-state index is 11.2. The molecule has 0 atom stereocenters. The molecule has 0 amide bonds. The van der Waals surface area contributed by atoms with Gasteiger partial charge < -0.3 is 14.4 Å². The molecule has 1 saturated carbocycles.